The Bertz CT molecular complexity index is 363. The van der Waals surface area contributed by atoms with E-state index in [1.807, 2.05) is 57.2 Å². The third-order valence-corrected chi connectivity index (χ3v) is 2.51. The molecule has 0 saturated carbocycles. The van der Waals surface area contributed by atoms with Crippen molar-refractivity contribution in [2.75, 3.05) is 6.61 Å². The Labute approximate surface area is 117 Å². The highest BCUT2D eigenvalue weighted by atomic mass is 32.1. The first-order chi connectivity index (χ1) is 8.76. The summed E-state index contributed by atoms with van der Waals surface area (Å²) in [4.78, 5) is 0. The highest BCUT2D eigenvalue weighted by molar-refractivity contribution is 7.79. The van der Waals surface area contributed by atoms with Gasteiger partial charge in [0.1, 0.15) is 12.4 Å². The number of hydrogen-bond donors (Lipinski definition) is 1. The van der Waals surface area contributed by atoms with Crippen molar-refractivity contribution in [3.05, 3.63) is 53.6 Å². The Morgan fingerprint density at radius 1 is 1.22 bits per heavy atom. The molecule has 1 nitrogen and oxygen atoms in total. The summed E-state index contributed by atoms with van der Waals surface area (Å²) in [6.45, 7) is 8.69. The second kappa shape index (κ2) is 11.0. The van der Waals surface area contributed by atoms with Crippen LogP contribution in [-0.4, -0.2) is 6.61 Å². The summed E-state index contributed by atoms with van der Waals surface area (Å²) in [5.74, 6) is 1.67. The van der Waals surface area contributed by atoms with E-state index < -0.39 is 0 Å². The molecule has 18 heavy (non-hydrogen) atoms. The molecular formula is C16H24OS. The summed E-state index contributed by atoms with van der Waals surface area (Å²) in [6, 6.07) is 8.03. The van der Waals surface area contributed by atoms with Crippen LogP contribution in [0.15, 0.2) is 48.1 Å². The first-order valence-corrected chi connectivity index (χ1v) is 7.00. The number of ether oxygens (including phenoxy) is 1. The topological polar surface area (TPSA) is 9.23 Å². The van der Waals surface area contributed by atoms with Crippen LogP contribution in [0, 0.1) is 0 Å². The molecule has 1 aromatic carbocycles. The van der Waals surface area contributed by atoms with E-state index >= 15 is 0 Å². The Kier molecular flexibility index (Phi) is 10.3. The van der Waals surface area contributed by atoms with Crippen molar-refractivity contribution in [2.24, 2.45) is 0 Å². The molecule has 100 valence electrons. The molecule has 0 atom stereocenters. The molecule has 1 rings (SSSR count). The molecule has 0 saturated heterocycles. The van der Waals surface area contributed by atoms with Crippen LogP contribution in [0.4, 0.5) is 0 Å². The lowest BCUT2D eigenvalue weighted by Crippen LogP contribution is -1.98. The van der Waals surface area contributed by atoms with Gasteiger partial charge < -0.3 is 4.74 Å². The van der Waals surface area contributed by atoms with Crippen LogP contribution in [0.1, 0.15) is 33.3 Å². The average Bonchev–Trinajstić information content (AvgIpc) is 2.45. The zero-order chi connectivity index (χ0) is 13.8. The maximum atomic E-state index is 5.64. The minimum absolute atomic E-state index is 0.630. The minimum Gasteiger partial charge on any atom is -0.489 e. The van der Waals surface area contributed by atoms with Crippen molar-refractivity contribution in [1.82, 2.24) is 0 Å². The van der Waals surface area contributed by atoms with Crippen molar-refractivity contribution < 1.29 is 4.74 Å². The van der Waals surface area contributed by atoms with Crippen molar-refractivity contribution in [1.29, 1.82) is 0 Å². The second-order valence-electron chi connectivity index (χ2n) is 3.63. The normalized spacial score (nSPS) is 11.1. The van der Waals surface area contributed by atoms with Gasteiger partial charge in [-0.25, -0.2) is 0 Å². The maximum absolute atomic E-state index is 5.64. The molecule has 0 spiro atoms. The standard InChI is InChI=1S/C14H18OS.C2H6/c1-3-4-5-12(2)10-15-14-8-6-13(11-16)7-9-14;1-2/h3-9,16H,10-11H2,1-2H3;1-2H3/b4-3-,12-5+;. The van der Waals surface area contributed by atoms with Crippen LogP contribution in [0.3, 0.4) is 0 Å². The number of rotatable bonds is 5. The summed E-state index contributed by atoms with van der Waals surface area (Å²) < 4.78 is 5.64. The van der Waals surface area contributed by atoms with Gasteiger partial charge in [-0.1, -0.05) is 44.2 Å². The molecule has 0 aliphatic heterocycles. The van der Waals surface area contributed by atoms with Gasteiger partial charge in [0, 0.05) is 5.75 Å². The van der Waals surface area contributed by atoms with Gasteiger partial charge in [-0.05, 0) is 37.1 Å². The zero-order valence-corrected chi connectivity index (χ0v) is 12.7. The van der Waals surface area contributed by atoms with Crippen molar-refractivity contribution in [3.8, 4) is 5.75 Å². The molecule has 0 aliphatic rings. The van der Waals surface area contributed by atoms with Gasteiger partial charge in [-0.3, -0.25) is 0 Å². The molecule has 0 aromatic heterocycles. The first kappa shape index (κ1) is 16.9. The Balaban J connectivity index is 0.00000137. The number of benzene rings is 1. The first-order valence-electron chi connectivity index (χ1n) is 6.37. The molecule has 0 radical (unpaired) electrons. The van der Waals surface area contributed by atoms with Crippen molar-refractivity contribution in [3.63, 3.8) is 0 Å². The van der Waals surface area contributed by atoms with E-state index in [-0.39, 0.29) is 0 Å². The van der Waals surface area contributed by atoms with Crippen LogP contribution in [0.5, 0.6) is 5.75 Å². The second-order valence-corrected chi connectivity index (χ2v) is 3.95. The van der Waals surface area contributed by atoms with Crippen molar-refractivity contribution >= 4 is 12.6 Å². The van der Waals surface area contributed by atoms with Crippen LogP contribution in [-0.2, 0) is 5.75 Å². The smallest absolute Gasteiger partial charge is 0.119 e. The third-order valence-electron chi connectivity index (χ3n) is 2.15. The van der Waals surface area contributed by atoms with E-state index in [0.717, 1.165) is 11.5 Å². The molecule has 1 aromatic rings. The number of allylic oxidation sites excluding steroid dienone is 3. The SMILES string of the molecule is C/C=C\C=C(/C)COc1ccc(CS)cc1.CC. The minimum atomic E-state index is 0.630. The molecule has 2 heteroatoms. The number of hydrogen-bond acceptors (Lipinski definition) is 2. The lowest BCUT2D eigenvalue weighted by atomic mass is 10.2. The molecule has 0 N–H and O–H groups in total. The summed E-state index contributed by atoms with van der Waals surface area (Å²) in [5, 5.41) is 0. The fraction of sp³-hybridized carbons (Fsp3) is 0.375. The molecule has 0 bridgehead atoms. The van der Waals surface area contributed by atoms with E-state index in [1.54, 1.807) is 0 Å². The van der Waals surface area contributed by atoms with Crippen LogP contribution >= 0.6 is 12.6 Å². The summed E-state index contributed by atoms with van der Waals surface area (Å²) in [5.41, 5.74) is 2.41. The zero-order valence-electron chi connectivity index (χ0n) is 11.8. The van der Waals surface area contributed by atoms with Gasteiger partial charge in [0.25, 0.3) is 0 Å². The highest BCUT2D eigenvalue weighted by Crippen LogP contribution is 2.14. The van der Waals surface area contributed by atoms with Crippen LogP contribution < -0.4 is 4.74 Å². The average molecular weight is 264 g/mol. The summed E-state index contributed by atoms with van der Waals surface area (Å²) in [7, 11) is 0. The summed E-state index contributed by atoms with van der Waals surface area (Å²) in [6.07, 6.45) is 6.08. The van der Waals surface area contributed by atoms with Gasteiger partial charge in [-0.15, -0.1) is 0 Å². The highest BCUT2D eigenvalue weighted by Gasteiger charge is 1.94. The van der Waals surface area contributed by atoms with E-state index in [0.29, 0.717) is 6.61 Å². The Hall–Kier alpha value is -1.15. The molecule has 0 unspecified atom stereocenters. The Morgan fingerprint density at radius 3 is 2.33 bits per heavy atom. The lowest BCUT2D eigenvalue weighted by Gasteiger charge is -2.06. The summed E-state index contributed by atoms with van der Waals surface area (Å²) >= 11 is 4.21. The fourth-order valence-electron chi connectivity index (χ4n) is 1.20. The van der Waals surface area contributed by atoms with Gasteiger partial charge >= 0.3 is 0 Å². The number of thiol groups is 1. The Morgan fingerprint density at radius 2 is 1.83 bits per heavy atom. The van der Waals surface area contributed by atoms with E-state index in [4.69, 9.17) is 4.74 Å². The van der Waals surface area contributed by atoms with Gasteiger partial charge in [0.15, 0.2) is 0 Å². The van der Waals surface area contributed by atoms with Crippen molar-refractivity contribution in [2.45, 2.75) is 33.4 Å². The molecule has 0 amide bonds. The van der Waals surface area contributed by atoms with E-state index in [1.165, 1.54) is 11.1 Å². The maximum Gasteiger partial charge on any atom is 0.119 e. The molecular weight excluding hydrogens is 240 g/mol. The lowest BCUT2D eigenvalue weighted by molar-refractivity contribution is 0.352. The van der Waals surface area contributed by atoms with Crippen LogP contribution in [0.25, 0.3) is 0 Å². The molecule has 0 fully saturated rings. The van der Waals surface area contributed by atoms with E-state index in [9.17, 15) is 0 Å². The van der Waals surface area contributed by atoms with E-state index in [2.05, 4.69) is 25.6 Å². The monoisotopic (exact) mass is 264 g/mol. The predicted molar refractivity (Wildman–Crippen MR) is 84.5 cm³/mol. The van der Waals surface area contributed by atoms with Gasteiger partial charge in [-0.2, -0.15) is 12.6 Å². The largest absolute Gasteiger partial charge is 0.489 e. The van der Waals surface area contributed by atoms with Gasteiger partial charge in [0.2, 0.25) is 0 Å². The molecule has 0 aliphatic carbocycles. The quantitative estimate of drug-likeness (QED) is 0.579. The fourth-order valence-corrected chi connectivity index (χ4v) is 1.41. The predicted octanol–water partition coefficient (Wildman–Crippen LogP) is 5.04. The molecule has 0 heterocycles. The van der Waals surface area contributed by atoms with Gasteiger partial charge in [0.05, 0.1) is 0 Å². The third kappa shape index (κ3) is 7.23. The van der Waals surface area contributed by atoms with Crippen LogP contribution in [0.2, 0.25) is 0 Å².